The molecule has 3 amide bonds. The molecular formula is C14H15FN2O5. The Bertz CT molecular complexity index is 601. The monoisotopic (exact) mass is 310 g/mol. The second-order valence-electron chi connectivity index (χ2n) is 4.72. The smallest absolute Gasteiger partial charge is 0.341 e. The van der Waals surface area contributed by atoms with E-state index >= 15 is 0 Å². The van der Waals surface area contributed by atoms with Crippen LogP contribution in [0.2, 0.25) is 0 Å². The molecule has 0 spiro atoms. The summed E-state index contributed by atoms with van der Waals surface area (Å²) in [6, 6.07) is 3.07. The molecule has 0 bridgehead atoms. The molecule has 0 aromatic heterocycles. The summed E-state index contributed by atoms with van der Waals surface area (Å²) in [5.41, 5.74) is -0.323. The number of rotatable bonds is 5. The maximum Gasteiger partial charge on any atom is 0.341 e. The summed E-state index contributed by atoms with van der Waals surface area (Å²) < 4.78 is 23.1. The maximum atomic E-state index is 13.6. The molecule has 0 aliphatic heterocycles. The molecule has 0 radical (unpaired) electrons. The zero-order chi connectivity index (χ0) is 16.1. The van der Waals surface area contributed by atoms with Crippen LogP contribution in [0, 0.1) is 5.82 Å². The largest absolute Gasteiger partial charge is 0.497 e. The number of ether oxygens (including phenoxy) is 2. The van der Waals surface area contributed by atoms with Gasteiger partial charge in [-0.1, -0.05) is 0 Å². The van der Waals surface area contributed by atoms with Crippen LogP contribution in [0.25, 0.3) is 0 Å². The predicted molar refractivity (Wildman–Crippen MR) is 72.9 cm³/mol. The third kappa shape index (κ3) is 4.44. The molecule has 1 aliphatic carbocycles. The van der Waals surface area contributed by atoms with Crippen molar-refractivity contribution >= 4 is 17.9 Å². The predicted octanol–water partition coefficient (Wildman–Crippen LogP) is 0.979. The van der Waals surface area contributed by atoms with Crippen LogP contribution in [-0.4, -0.2) is 37.7 Å². The Morgan fingerprint density at radius 2 is 2.05 bits per heavy atom. The Balaban J connectivity index is 1.81. The first-order valence-corrected chi connectivity index (χ1v) is 6.60. The van der Waals surface area contributed by atoms with Crippen LogP contribution in [0.5, 0.6) is 5.75 Å². The number of amides is 3. The molecule has 2 rings (SSSR count). The quantitative estimate of drug-likeness (QED) is 0.791. The highest BCUT2D eigenvalue weighted by Gasteiger charge is 2.24. The second-order valence-corrected chi connectivity index (χ2v) is 4.72. The number of imide groups is 1. The lowest BCUT2D eigenvalue weighted by Crippen LogP contribution is -2.42. The van der Waals surface area contributed by atoms with Crippen molar-refractivity contribution < 1.29 is 28.2 Å². The Morgan fingerprint density at radius 3 is 2.64 bits per heavy atom. The SMILES string of the molecule is COc1ccc(C(=O)OCC(=O)NC(=O)NC2CC2)c(F)c1. The number of benzene rings is 1. The van der Waals surface area contributed by atoms with Gasteiger partial charge >= 0.3 is 12.0 Å². The zero-order valence-corrected chi connectivity index (χ0v) is 11.8. The first-order valence-electron chi connectivity index (χ1n) is 6.60. The third-order valence-electron chi connectivity index (χ3n) is 2.90. The van der Waals surface area contributed by atoms with Gasteiger partial charge in [0, 0.05) is 12.1 Å². The van der Waals surface area contributed by atoms with E-state index in [1.165, 1.54) is 19.2 Å². The summed E-state index contributed by atoms with van der Waals surface area (Å²) >= 11 is 0. The van der Waals surface area contributed by atoms with Gasteiger partial charge in [0.05, 0.1) is 12.7 Å². The molecule has 0 saturated heterocycles. The summed E-state index contributed by atoms with van der Waals surface area (Å²) in [4.78, 5) is 34.4. The van der Waals surface area contributed by atoms with Gasteiger partial charge in [-0.05, 0) is 25.0 Å². The lowest BCUT2D eigenvalue weighted by molar-refractivity contribution is -0.123. The number of halogens is 1. The van der Waals surface area contributed by atoms with Gasteiger partial charge in [0.2, 0.25) is 0 Å². The molecule has 1 saturated carbocycles. The number of carbonyl (C=O) groups is 3. The van der Waals surface area contributed by atoms with Crippen LogP contribution in [-0.2, 0) is 9.53 Å². The van der Waals surface area contributed by atoms with E-state index < -0.39 is 30.3 Å². The number of methoxy groups -OCH3 is 1. The van der Waals surface area contributed by atoms with Crippen molar-refractivity contribution in [3.05, 3.63) is 29.6 Å². The van der Waals surface area contributed by atoms with E-state index in [-0.39, 0.29) is 17.4 Å². The summed E-state index contributed by atoms with van der Waals surface area (Å²) in [6.45, 7) is -0.678. The van der Waals surface area contributed by atoms with Gasteiger partial charge in [-0.25, -0.2) is 14.0 Å². The fourth-order valence-corrected chi connectivity index (χ4v) is 1.61. The van der Waals surface area contributed by atoms with Crippen molar-refractivity contribution in [1.82, 2.24) is 10.6 Å². The van der Waals surface area contributed by atoms with E-state index in [1.807, 2.05) is 5.32 Å². The third-order valence-corrected chi connectivity index (χ3v) is 2.90. The van der Waals surface area contributed by atoms with Gasteiger partial charge in [0.15, 0.2) is 6.61 Å². The number of esters is 1. The highest BCUT2D eigenvalue weighted by atomic mass is 19.1. The van der Waals surface area contributed by atoms with E-state index in [0.29, 0.717) is 0 Å². The Labute approximate surface area is 125 Å². The van der Waals surface area contributed by atoms with E-state index in [4.69, 9.17) is 4.74 Å². The molecule has 2 N–H and O–H groups in total. The van der Waals surface area contributed by atoms with Gasteiger partial charge in [-0.2, -0.15) is 0 Å². The topological polar surface area (TPSA) is 93.7 Å². The van der Waals surface area contributed by atoms with Crippen LogP contribution in [0.4, 0.5) is 9.18 Å². The first kappa shape index (κ1) is 15.7. The summed E-state index contributed by atoms with van der Waals surface area (Å²) in [6.07, 6.45) is 1.76. The Kier molecular flexibility index (Phi) is 4.92. The summed E-state index contributed by atoms with van der Waals surface area (Å²) in [7, 11) is 1.36. The molecule has 8 heteroatoms. The van der Waals surface area contributed by atoms with Crippen LogP contribution in [0.3, 0.4) is 0 Å². The van der Waals surface area contributed by atoms with Gasteiger partial charge < -0.3 is 14.8 Å². The molecular weight excluding hydrogens is 295 g/mol. The minimum Gasteiger partial charge on any atom is -0.497 e. The Hall–Kier alpha value is -2.64. The van der Waals surface area contributed by atoms with E-state index in [0.717, 1.165) is 18.9 Å². The highest BCUT2D eigenvalue weighted by Crippen LogP contribution is 2.18. The van der Waals surface area contributed by atoms with Crippen LogP contribution in [0.1, 0.15) is 23.2 Å². The molecule has 118 valence electrons. The summed E-state index contributed by atoms with van der Waals surface area (Å²) in [5, 5.41) is 4.55. The van der Waals surface area contributed by atoms with Gasteiger partial charge in [-0.3, -0.25) is 10.1 Å². The lowest BCUT2D eigenvalue weighted by Gasteiger charge is -2.08. The zero-order valence-electron chi connectivity index (χ0n) is 11.8. The average molecular weight is 310 g/mol. The molecule has 7 nitrogen and oxygen atoms in total. The second kappa shape index (κ2) is 6.88. The van der Waals surface area contributed by atoms with Crippen LogP contribution in [0.15, 0.2) is 18.2 Å². The molecule has 22 heavy (non-hydrogen) atoms. The molecule has 1 aliphatic rings. The molecule has 1 aromatic carbocycles. The Morgan fingerprint density at radius 1 is 1.32 bits per heavy atom. The van der Waals surface area contributed by atoms with Crippen molar-refractivity contribution in [3.63, 3.8) is 0 Å². The molecule has 0 unspecified atom stereocenters. The number of hydrogen-bond acceptors (Lipinski definition) is 5. The average Bonchev–Trinajstić information content (AvgIpc) is 3.28. The van der Waals surface area contributed by atoms with Gasteiger partial charge in [0.1, 0.15) is 11.6 Å². The molecule has 1 fully saturated rings. The van der Waals surface area contributed by atoms with E-state index in [2.05, 4.69) is 10.1 Å². The standard InChI is InChI=1S/C14H15FN2O5/c1-21-9-4-5-10(11(15)6-9)13(19)22-7-12(18)17-14(20)16-8-2-3-8/h4-6,8H,2-3,7H2,1H3,(H2,16,17,18,20). The molecule has 0 heterocycles. The van der Waals surface area contributed by atoms with Gasteiger partial charge in [-0.15, -0.1) is 0 Å². The molecule has 1 aromatic rings. The normalized spacial score (nSPS) is 13.2. The lowest BCUT2D eigenvalue weighted by atomic mass is 10.2. The first-order chi connectivity index (χ1) is 10.5. The number of urea groups is 1. The number of carbonyl (C=O) groups excluding carboxylic acids is 3. The van der Waals surface area contributed by atoms with E-state index in [9.17, 15) is 18.8 Å². The minimum atomic E-state index is -1.00. The number of hydrogen-bond donors (Lipinski definition) is 2. The van der Waals surface area contributed by atoms with Crippen molar-refractivity contribution in [2.75, 3.05) is 13.7 Å². The summed E-state index contributed by atoms with van der Waals surface area (Å²) in [5.74, 6) is -2.36. The van der Waals surface area contributed by atoms with Crippen molar-refractivity contribution in [2.45, 2.75) is 18.9 Å². The van der Waals surface area contributed by atoms with E-state index in [1.54, 1.807) is 0 Å². The van der Waals surface area contributed by atoms with Crippen molar-refractivity contribution in [3.8, 4) is 5.75 Å². The fourth-order valence-electron chi connectivity index (χ4n) is 1.61. The van der Waals surface area contributed by atoms with Crippen molar-refractivity contribution in [1.29, 1.82) is 0 Å². The van der Waals surface area contributed by atoms with Crippen molar-refractivity contribution in [2.24, 2.45) is 0 Å². The highest BCUT2D eigenvalue weighted by molar-refractivity contribution is 5.97. The molecule has 0 atom stereocenters. The maximum absolute atomic E-state index is 13.6. The minimum absolute atomic E-state index is 0.101. The number of nitrogens with one attached hydrogen (secondary N) is 2. The van der Waals surface area contributed by atoms with Gasteiger partial charge in [0.25, 0.3) is 5.91 Å². The fraction of sp³-hybridized carbons (Fsp3) is 0.357. The van der Waals surface area contributed by atoms with Crippen LogP contribution >= 0.6 is 0 Å². The van der Waals surface area contributed by atoms with Crippen LogP contribution < -0.4 is 15.4 Å².